The molecule has 2 aromatic rings. The first-order valence-electron chi connectivity index (χ1n) is 6.39. The van der Waals surface area contributed by atoms with Gasteiger partial charge in [-0.25, -0.2) is 0 Å². The number of hydrogen-bond donors (Lipinski definition) is 0. The van der Waals surface area contributed by atoms with E-state index in [-0.39, 0.29) is 11.8 Å². The average Bonchev–Trinajstić information content (AvgIpc) is 3.14. The predicted octanol–water partition coefficient (Wildman–Crippen LogP) is 3.50. The number of thiophene rings is 2. The first kappa shape index (κ1) is 13.3. The molecule has 1 aliphatic heterocycles. The number of amides is 2. The Labute approximate surface area is 125 Å². The van der Waals surface area contributed by atoms with Gasteiger partial charge in [0.25, 0.3) is 11.8 Å². The van der Waals surface area contributed by atoms with Gasteiger partial charge in [-0.2, -0.15) is 22.7 Å². The Hall–Kier alpha value is -1.72. The molecule has 0 aromatic carbocycles. The Morgan fingerprint density at radius 1 is 0.950 bits per heavy atom. The van der Waals surface area contributed by atoms with E-state index in [1.54, 1.807) is 0 Å². The molecule has 0 N–H and O–H groups in total. The summed E-state index contributed by atoms with van der Waals surface area (Å²) in [6, 6.07) is 3.79. The fraction of sp³-hybridized carbons (Fsp3) is 0.200. The van der Waals surface area contributed by atoms with Gasteiger partial charge < -0.3 is 0 Å². The number of hydrogen-bond acceptors (Lipinski definition) is 4. The lowest BCUT2D eigenvalue weighted by atomic mass is 10.0. The molecular weight excluding hydrogens is 290 g/mol. The van der Waals surface area contributed by atoms with Crippen LogP contribution in [-0.2, 0) is 9.59 Å². The van der Waals surface area contributed by atoms with Gasteiger partial charge >= 0.3 is 0 Å². The SMILES string of the molecule is CCCN1C(=O)C(c2ccsc2)=C(c2ccsc2)C1=O. The Balaban J connectivity index is 2.16. The largest absolute Gasteiger partial charge is 0.274 e. The van der Waals surface area contributed by atoms with Crippen molar-refractivity contribution < 1.29 is 9.59 Å². The molecule has 102 valence electrons. The van der Waals surface area contributed by atoms with Crippen LogP contribution in [0.1, 0.15) is 24.5 Å². The van der Waals surface area contributed by atoms with Crippen LogP contribution in [0.3, 0.4) is 0 Å². The molecule has 0 fully saturated rings. The summed E-state index contributed by atoms with van der Waals surface area (Å²) in [5.74, 6) is -0.340. The highest BCUT2D eigenvalue weighted by Gasteiger charge is 2.39. The van der Waals surface area contributed by atoms with Crippen molar-refractivity contribution in [1.29, 1.82) is 0 Å². The highest BCUT2D eigenvalue weighted by Crippen LogP contribution is 2.37. The van der Waals surface area contributed by atoms with Crippen molar-refractivity contribution in [3.8, 4) is 0 Å². The van der Waals surface area contributed by atoms with E-state index in [1.807, 2.05) is 40.6 Å². The smallest absolute Gasteiger partial charge is 0.262 e. The summed E-state index contributed by atoms with van der Waals surface area (Å²) >= 11 is 3.06. The molecule has 1 aliphatic rings. The molecule has 0 aliphatic carbocycles. The van der Waals surface area contributed by atoms with E-state index in [2.05, 4.69) is 0 Å². The third-order valence-corrected chi connectivity index (χ3v) is 4.60. The van der Waals surface area contributed by atoms with Crippen molar-refractivity contribution in [1.82, 2.24) is 4.90 Å². The zero-order valence-corrected chi connectivity index (χ0v) is 12.6. The van der Waals surface area contributed by atoms with Crippen molar-refractivity contribution in [2.75, 3.05) is 6.54 Å². The van der Waals surface area contributed by atoms with Gasteiger partial charge in [0, 0.05) is 6.54 Å². The number of imide groups is 1. The fourth-order valence-corrected chi connectivity index (χ4v) is 3.65. The van der Waals surface area contributed by atoms with Crippen molar-refractivity contribution in [3.63, 3.8) is 0 Å². The average molecular weight is 303 g/mol. The highest BCUT2D eigenvalue weighted by atomic mass is 32.1. The second-order valence-electron chi connectivity index (χ2n) is 4.54. The van der Waals surface area contributed by atoms with Crippen LogP contribution in [0.5, 0.6) is 0 Å². The van der Waals surface area contributed by atoms with Crippen molar-refractivity contribution >= 4 is 45.6 Å². The predicted molar refractivity (Wildman–Crippen MR) is 82.5 cm³/mol. The van der Waals surface area contributed by atoms with Gasteiger partial charge in [0.2, 0.25) is 0 Å². The molecule has 20 heavy (non-hydrogen) atoms. The summed E-state index contributed by atoms with van der Waals surface area (Å²) in [4.78, 5) is 26.5. The van der Waals surface area contributed by atoms with Gasteiger partial charge in [-0.05, 0) is 51.2 Å². The van der Waals surface area contributed by atoms with Gasteiger partial charge in [0.15, 0.2) is 0 Å². The van der Waals surface area contributed by atoms with E-state index in [0.29, 0.717) is 17.7 Å². The normalized spacial score (nSPS) is 15.6. The lowest BCUT2D eigenvalue weighted by Gasteiger charge is -2.13. The van der Waals surface area contributed by atoms with E-state index in [9.17, 15) is 9.59 Å². The quantitative estimate of drug-likeness (QED) is 0.811. The minimum Gasteiger partial charge on any atom is -0.274 e. The zero-order valence-electron chi connectivity index (χ0n) is 11.0. The van der Waals surface area contributed by atoms with Crippen LogP contribution in [0.4, 0.5) is 0 Å². The van der Waals surface area contributed by atoms with Crippen molar-refractivity contribution in [2.24, 2.45) is 0 Å². The van der Waals surface area contributed by atoms with Crippen molar-refractivity contribution in [2.45, 2.75) is 13.3 Å². The van der Waals surface area contributed by atoms with Gasteiger partial charge in [-0.3, -0.25) is 14.5 Å². The number of carbonyl (C=O) groups is 2. The van der Waals surface area contributed by atoms with Crippen molar-refractivity contribution in [3.05, 3.63) is 44.8 Å². The molecule has 2 aromatic heterocycles. The van der Waals surface area contributed by atoms with Gasteiger partial charge in [-0.15, -0.1) is 0 Å². The second kappa shape index (κ2) is 5.34. The van der Waals surface area contributed by atoms with E-state index in [0.717, 1.165) is 17.5 Å². The third kappa shape index (κ3) is 2.03. The maximum atomic E-state index is 12.6. The van der Waals surface area contributed by atoms with Crippen LogP contribution in [0, 0.1) is 0 Å². The standard InChI is InChI=1S/C15H13NO2S2/c1-2-5-16-14(17)12(10-3-6-19-8-10)13(15(16)18)11-4-7-20-9-11/h3-4,6-9H,2,5H2,1H3. The zero-order chi connectivity index (χ0) is 14.1. The molecule has 0 atom stereocenters. The maximum Gasteiger partial charge on any atom is 0.262 e. The van der Waals surface area contributed by atoms with Crippen LogP contribution < -0.4 is 0 Å². The number of nitrogens with zero attached hydrogens (tertiary/aromatic N) is 1. The molecule has 0 bridgehead atoms. The monoisotopic (exact) mass is 303 g/mol. The molecule has 2 amide bonds. The molecule has 5 heteroatoms. The Bertz CT molecular complexity index is 613. The Morgan fingerprint density at radius 2 is 1.45 bits per heavy atom. The molecule has 0 unspecified atom stereocenters. The number of carbonyl (C=O) groups excluding carboxylic acids is 2. The molecule has 0 radical (unpaired) electrons. The highest BCUT2D eigenvalue weighted by molar-refractivity contribution is 7.08. The molecule has 3 heterocycles. The first-order valence-corrected chi connectivity index (χ1v) is 8.28. The van der Waals surface area contributed by atoms with Gasteiger partial charge in [-0.1, -0.05) is 6.92 Å². The van der Waals surface area contributed by atoms with E-state index < -0.39 is 0 Å². The van der Waals surface area contributed by atoms with Gasteiger partial charge in [0.1, 0.15) is 0 Å². The van der Waals surface area contributed by atoms with Crippen LogP contribution in [0.2, 0.25) is 0 Å². The van der Waals surface area contributed by atoms with E-state index in [1.165, 1.54) is 27.6 Å². The number of rotatable bonds is 4. The summed E-state index contributed by atoms with van der Waals surface area (Å²) < 4.78 is 0. The van der Waals surface area contributed by atoms with Crippen LogP contribution >= 0.6 is 22.7 Å². The lowest BCUT2D eigenvalue weighted by molar-refractivity contribution is -0.136. The summed E-state index contributed by atoms with van der Waals surface area (Å²) in [5, 5.41) is 7.69. The summed E-state index contributed by atoms with van der Waals surface area (Å²) in [6.07, 6.45) is 0.769. The second-order valence-corrected chi connectivity index (χ2v) is 6.10. The minimum absolute atomic E-state index is 0.170. The molecule has 3 nitrogen and oxygen atoms in total. The topological polar surface area (TPSA) is 37.4 Å². The Kier molecular flexibility index (Phi) is 3.54. The molecule has 0 spiro atoms. The maximum absolute atomic E-state index is 12.6. The van der Waals surface area contributed by atoms with E-state index >= 15 is 0 Å². The van der Waals surface area contributed by atoms with E-state index in [4.69, 9.17) is 0 Å². The lowest BCUT2D eigenvalue weighted by Crippen LogP contribution is -2.32. The van der Waals surface area contributed by atoms with Crippen LogP contribution in [0.25, 0.3) is 11.1 Å². The summed E-state index contributed by atoms with van der Waals surface area (Å²) in [6.45, 7) is 2.44. The molecule has 0 saturated heterocycles. The molecular formula is C15H13NO2S2. The molecule has 3 rings (SSSR count). The molecule has 0 saturated carbocycles. The Morgan fingerprint density at radius 3 is 1.80 bits per heavy atom. The summed E-state index contributed by atoms with van der Waals surface area (Å²) in [7, 11) is 0. The fourth-order valence-electron chi connectivity index (χ4n) is 2.35. The van der Waals surface area contributed by atoms with Crippen LogP contribution in [0.15, 0.2) is 33.7 Å². The third-order valence-electron chi connectivity index (χ3n) is 3.23. The van der Waals surface area contributed by atoms with Crippen LogP contribution in [-0.4, -0.2) is 23.3 Å². The first-order chi connectivity index (χ1) is 9.74. The van der Waals surface area contributed by atoms with Gasteiger partial charge in [0.05, 0.1) is 11.1 Å². The minimum atomic E-state index is -0.170. The summed E-state index contributed by atoms with van der Waals surface area (Å²) in [5.41, 5.74) is 2.77.